The molecule has 0 aromatic heterocycles. The first-order valence-corrected chi connectivity index (χ1v) is 8.47. The van der Waals surface area contributed by atoms with Gasteiger partial charge in [-0.3, -0.25) is 14.5 Å². The highest BCUT2D eigenvalue weighted by molar-refractivity contribution is 5.87. The fraction of sp³-hybridized carbons (Fsp3) is 0.556. The summed E-state index contributed by atoms with van der Waals surface area (Å²) >= 11 is 0. The van der Waals surface area contributed by atoms with E-state index in [9.17, 15) is 9.59 Å². The molecule has 1 N–H and O–H groups in total. The Kier molecular flexibility index (Phi) is 5.28. The molecular weight excluding hydrogens is 292 g/mol. The van der Waals surface area contributed by atoms with Crippen LogP contribution in [0.25, 0.3) is 0 Å². The molecule has 5 nitrogen and oxygen atoms in total. The van der Waals surface area contributed by atoms with Crippen LogP contribution in [0.5, 0.6) is 0 Å². The molecule has 1 aromatic rings. The van der Waals surface area contributed by atoms with Crippen LogP contribution in [0.3, 0.4) is 0 Å². The number of benzene rings is 1. The molecule has 2 aliphatic rings. The molecule has 0 spiro atoms. The molecule has 1 saturated carbocycles. The smallest absolute Gasteiger partial charge is 0.308 e. The summed E-state index contributed by atoms with van der Waals surface area (Å²) in [5.41, 5.74) is 0.960. The number of esters is 1. The Labute approximate surface area is 137 Å². The van der Waals surface area contributed by atoms with Gasteiger partial charge in [-0.1, -0.05) is 43.2 Å². The maximum atomic E-state index is 12.2. The maximum Gasteiger partial charge on any atom is 0.308 e. The van der Waals surface area contributed by atoms with Gasteiger partial charge >= 0.3 is 5.97 Å². The van der Waals surface area contributed by atoms with E-state index in [1.54, 1.807) is 0 Å². The summed E-state index contributed by atoms with van der Waals surface area (Å²) < 4.78 is 5.34. The summed E-state index contributed by atoms with van der Waals surface area (Å²) in [7, 11) is 0. The molecule has 2 fully saturated rings. The lowest BCUT2D eigenvalue weighted by Crippen LogP contribution is -2.58. The van der Waals surface area contributed by atoms with E-state index in [4.69, 9.17) is 4.74 Å². The third kappa shape index (κ3) is 4.10. The van der Waals surface area contributed by atoms with Crippen LogP contribution in [0.4, 0.5) is 0 Å². The van der Waals surface area contributed by atoms with Gasteiger partial charge in [-0.05, 0) is 18.4 Å². The van der Waals surface area contributed by atoms with Crippen LogP contribution in [-0.4, -0.2) is 41.9 Å². The second kappa shape index (κ2) is 7.59. The van der Waals surface area contributed by atoms with Crippen molar-refractivity contribution in [3.05, 3.63) is 35.9 Å². The van der Waals surface area contributed by atoms with Crippen molar-refractivity contribution in [2.75, 3.05) is 13.1 Å². The summed E-state index contributed by atoms with van der Waals surface area (Å²) in [5.74, 6) is -0.348. The lowest BCUT2D eigenvalue weighted by molar-refractivity contribution is -0.150. The summed E-state index contributed by atoms with van der Waals surface area (Å²) in [4.78, 5) is 26.6. The monoisotopic (exact) mass is 316 g/mol. The summed E-state index contributed by atoms with van der Waals surface area (Å²) in [5, 5.41) is 2.88. The van der Waals surface area contributed by atoms with Crippen LogP contribution in [0.1, 0.15) is 37.7 Å². The number of nitrogens with zero attached hydrogens (tertiary/aromatic N) is 1. The first-order valence-electron chi connectivity index (χ1n) is 8.47. The van der Waals surface area contributed by atoms with E-state index in [1.165, 1.54) is 12.8 Å². The molecule has 124 valence electrons. The molecule has 1 aliphatic carbocycles. The Morgan fingerprint density at radius 1 is 1.22 bits per heavy atom. The van der Waals surface area contributed by atoms with Crippen molar-refractivity contribution < 1.29 is 14.3 Å². The van der Waals surface area contributed by atoms with Gasteiger partial charge in [0.15, 0.2) is 0 Å². The minimum atomic E-state index is -0.380. The molecule has 1 amide bonds. The molecule has 1 heterocycles. The molecular formula is C18H24N2O3. The van der Waals surface area contributed by atoms with Gasteiger partial charge in [-0.2, -0.15) is 0 Å². The first kappa shape index (κ1) is 16.0. The van der Waals surface area contributed by atoms with E-state index < -0.39 is 0 Å². The van der Waals surface area contributed by atoms with Gasteiger partial charge in [0.2, 0.25) is 5.91 Å². The van der Waals surface area contributed by atoms with Crippen molar-refractivity contribution in [3.8, 4) is 0 Å². The van der Waals surface area contributed by atoms with Gasteiger partial charge in [0.05, 0.1) is 12.5 Å². The maximum absolute atomic E-state index is 12.2. The summed E-state index contributed by atoms with van der Waals surface area (Å²) in [6.07, 6.45) is 4.82. The van der Waals surface area contributed by atoms with Crippen molar-refractivity contribution in [2.45, 2.75) is 50.8 Å². The van der Waals surface area contributed by atoms with Crippen molar-refractivity contribution in [1.29, 1.82) is 0 Å². The Morgan fingerprint density at radius 2 is 1.96 bits per heavy atom. The Hall–Kier alpha value is -1.88. The topological polar surface area (TPSA) is 58.6 Å². The van der Waals surface area contributed by atoms with Crippen LogP contribution in [0.15, 0.2) is 30.3 Å². The number of carbonyl (C=O) groups is 2. The summed E-state index contributed by atoms with van der Waals surface area (Å²) in [6, 6.07) is 9.66. The van der Waals surface area contributed by atoms with Gasteiger partial charge in [0, 0.05) is 19.1 Å². The highest BCUT2D eigenvalue weighted by Gasteiger charge is 2.37. The zero-order valence-electron chi connectivity index (χ0n) is 13.4. The standard InChI is InChI=1S/C18H24N2O3/c21-17(23-13-14-6-2-1-3-7-14)12-16-18(22)19-10-11-20(16)15-8-4-5-9-15/h1-3,6-7,15-16H,4-5,8-13H2,(H,19,22). The Bertz CT molecular complexity index is 540. The van der Waals surface area contributed by atoms with Crippen LogP contribution >= 0.6 is 0 Å². The fourth-order valence-electron chi connectivity index (χ4n) is 3.57. The second-order valence-corrected chi connectivity index (χ2v) is 6.33. The first-order chi connectivity index (χ1) is 11.2. The molecule has 5 heteroatoms. The quantitative estimate of drug-likeness (QED) is 0.843. The van der Waals surface area contributed by atoms with Crippen molar-refractivity contribution in [1.82, 2.24) is 10.2 Å². The zero-order valence-corrected chi connectivity index (χ0v) is 13.4. The number of carbonyl (C=O) groups excluding carboxylic acids is 2. The molecule has 1 aliphatic heterocycles. The molecule has 1 aromatic carbocycles. The number of amides is 1. The normalized spacial score (nSPS) is 22.8. The lowest BCUT2D eigenvalue weighted by Gasteiger charge is -2.38. The second-order valence-electron chi connectivity index (χ2n) is 6.33. The van der Waals surface area contributed by atoms with E-state index in [0.29, 0.717) is 12.6 Å². The molecule has 1 unspecified atom stereocenters. The third-order valence-corrected chi connectivity index (χ3v) is 4.77. The zero-order chi connectivity index (χ0) is 16.1. The lowest BCUT2D eigenvalue weighted by atomic mass is 10.0. The van der Waals surface area contributed by atoms with Crippen LogP contribution < -0.4 is 5.32 Å². The average molecular weight is 316 g/mol. The van der Waals surface area contributed by atoms with E-state index >= 15 is 0 Å². The van der Waals surface area contributed by atoms with E-state index in [2.05, 4.69) is 10.2 Å². The van der Waals surface area contributed by atoms with Gasteiger partial charge < -0.3 is 10.1 Å². The molecule has 3 rings (SSSR count). The van der Waals surface area contributed by atoms with Crippen LogP contribution in [0.2, 0.25) is 0 Å². The fourth-order valence-corrected chi connectivity index (χ4v) is 3.57. The van der Waals surface area contributed by atoms with E-state index in [0.717, 1.165) is 24.9 Å². The predicted molar refractivity (Wildman–Crippen MR) is 86.6 cm³/mol. The van der Waals surface area contributed by atoms with Crippen molar-refractivity contribution in [2.24, 2.45) is 0 Å². The van der Waals surface area contributed by atoms with Gasteiger partial charge in [-0.15, -0.1) is 0 Å². The van der Waals surface area contributed by atoms with Crippen molar-refractivity contribution >= 4 is 11.9 Å². The number of hydrogen-bond donors (Lipinski definition) is 1. The SMILES string of the molecule is O=C(CC1C(=O)NCCN1C1CCCC1)OCc1ccccc1. The number of nitrogens with one attached hydrogen (secondary N) is 1. The van der Waals surface area contributed by atoms with E-state index in [-0.39, 0.29) is 30.9 Å². The minimum Gasteiger partial charge on any atom is -0.461 e. The number of ether oxygens (including phenoxy) is 1. The molecule has 1 saturated heterocycles. The molecule has 0 bridgehead atoms. The van der Waals surface area contributed by atoms with Gasteiger partial charge in [0.1, 0.15) is 6.61 Å². The van der Waals surface area contributed by atoms with Crippen LogP contribution in [0, 0.1) is 0 Å². The average Bonchev–Trinajstić information content (AvgIpc) is 3.10. The predicted octanol–water partition coefficient (Wildman–Crippen LogP) is 1.86. The van der Waals surface area contributed by atoms with E-state index in [1.807, 2.05) is 30.3 Å². The largest absolute Gasteiger partial charge is 0.461 e. The minimum absolute atomic E-state index is 0.0418. The van der Waals surface area contributed by atoms with Crippen molar-refractivity contribution in [3.63, 3.8) is 0 Å². The van der Waals surface area contributed by atoms with Gasteiger partial charge in [-0.25, -0.2) is 0 Å². The highest BCUT2D eigenvalue weighted by atomic mass is 16.5. The molecule has 23 heavy (non-hydrogen) atoms. The van der Waals surface area contributed by atoms with Gasteiger partial charge in [0.25, 0.3) is 0 Å². The molecule has 1 atom stereocenters. The third-order valence-electron chi connectivity index (χ3n) is 4.77. The number of rotatable bonds is 5. The number of piperazine rings is 1. The van der Waals surface area contributed by atoms with Crippen LogP contribution in [-0.2, 0) is 20.9 Å². The highest BCUT2D eigenvalue weighted by Crippen LogP contribution is 2.27. The molecule has 0 radical (unpaired) electrons. The number of hydrogen-bond acceptors (Lipinski definition) is 4. The Balaban J connectivity index is 1.56. The Morgan fingerprint density at radius 3 is 2.70 bits per heavy atom. The summed E-state index contributed by atoms with van der Waals surface area (Å²) in [6.45, 7) is 1.76.